The Morgan fingerprint density at radius 2 is 2.28 bits per heavy atom. The van der Waals surface area contributed by atoms with Gasteiger partial charge in [-0.05, 0) is 42.4 Å². The fourth-order valence-corrected chi connectivity index (χ4v) is 2.92. The van der Waals surface area contributed by atoms with Gasteiger partial charge in [0.25, 0.3) is 0 Å². The zero-order valence-corrected chi connectivity index (χ0v) is 10.5. The molecule has 0 bridgehead atoms. The van der Waals surface area contributed by atoms with Crippen molar-refractivity contribution in [1.82, 2.24) is 0 Å². The lowest BCUT2D eigenvalue weighted by molar-refractivity contribution is -0.144. The molecule has 2 unspecified atom stereocenters. The van der Waals surface area contributed by atoms with Crippen LogP contribution in [0.15, 0.2) is 36.4 Å². The predicted molar refractivity (Wildman–Crippen MR) is 71.1 cm³/mol. The lowest BCUT2D eigenvalue weighted by Gasteiger charge is -2.15. The Hall–Kier alpha value is -1.83. The van der Waals surface area contributed by atoms with Crippen LogP contribution in [0.1, 0.15) is 48.5 Å². The molecule has 2 atom stereocenters. The summed E-state index contributed by atoms with van der Waals surface area (Å²) in [5.41, 5.74) is 4.29. The van der Waals surface area contributed by atoms with Crippen LogP contribution in [0.2, 0.25) is 0 Å². The number of carbonyl (C=O) groups is 1. The molecule has 2 heteroatoms. The van der Waals surface area contributed by atoms with Crippen LogP contribution in [0.5, 0.6) is 0 Å². The molecule has 0 fully saturated rings. The molecule has 3 rings (SSSR count). The van der Waals surface area contributed by atoms with E-state index in [1.54, 1.807) is 6.92 Å². The molecule has 92 valence electrons. The number of hydrogen-bond acceptors (Lipinski definition) is 2. The molecule has 0 heterocycles. The number of ether oxygens (including phenoxy) is 1. The minimum Gasteiger partial charge on any atom is -0.454 e. The Labute approximate surface area is 107 Å². The molecule has 0 amide bonds. The SMILES string of the molecule is C=C(C)C(=O)OC1CC2CC=Cc3cccc1c32. The zero-order chi connectivity index (χ0) is 12.7. The first kappa shape index (κ1) is 11.3. The van der Waals surface area contributed by atoms with Crippen molar-refractivity contribution in [3.05, 3.63) is 53.1 Å². The fraction of sp³-hybridized carbons (Fsp3) is 0.312. The summed E-state index contributed by atoms with van der Waals surface area (Å²) in [5.74, 6) is 0.216. The third-order valence-electron chi connectivity index (χ3n) is 3.74. The summed E-state index contributed by atoms with van der Waals surface area (Å²) in [6.07, 6.45) is 6.22. The molecule has 0 aromatic heterocycles. The van der Waals surface area contributed by atoms with Gasteiger partial charge in [-0.15, -0.1) is 0 Å². The molecule has 2 aliphatic rings. The largest absolute Gasteiger partial charge is 0.454 e. The van der Waals surface area contributed by atoms with Crippen molar-refractivity contribution >= 4 is 12.0 Å². The van der Waals surface area contributed by atoms with Crippen LogP contribution in [0, 0.1) is 0 Å². The Morgan fingerprint density at radius 3 is 3.06 bits per heavy atom. The zero-order valence-electron chi connectivity index (χ0n) is 10.5. The van der Waals surface area contributed by atoms with Crippen LogP contribution in [0.3, 0.4) is 0 Å². The minimum absolute atomic E-state index is 0.103. The standard InChI is InChI=1S/C16H16O2/c1-10(2)16(17)18-14-9-12-7-3-5-11-6-4-8-13(14)15(11)12/h3-6,8,12,14H,1,7,9H2,2H3. The normalized spacial score (nSPS) is 23.6. The average Bonchev–Trinajstić information content (AvgIpc) is 2.70. The van der Waals surface area contributed by atoms with E-state index in [0.717, 1.165) is 12.8 Å². The van der Waals surface area contributed by atoms with Crippen LogP contribution >= 0.6 is 0 Å². The molecule has 2 nitrogen and oxygen atoms in total. The molecule has 0 saturated heterocycles. The van der Waals surface area contributed by atoms with Gasteiger partial charge in [0.05, 0.1) is 0 Å². The van der Waals surface area contributed by atoms with Gasteiger partial charge in [0.1, 0.15) is 6.10 Å². The van der Waals surface area contributed by atoms with Gasteiger partial charge in [-0.2, -0.15) is 0 Å². The highest BCUT2D eigenvalue weighted by molar-refractivity contribution is 5.87. The van der Waals surface area contributed by atoms with E-state index in [1.165, 1.54) is 16.7 Å². The maximum absolute atomic E-state index is 11.7. The first-order valence-electron chi connectivity index (χ1n) is 6.32. The third kappa shape index (κ3) is 1.69. The van der Waals surface area contributed by atoms with Crippen molar-refractivity contribution in [2.75, 3.05) is 0 Å². The van der Waals surface area contributed by atoms with Crippen molar-refractivity contribution in [1.29, 1.82) is 0 Å². The van der Waals surface area contributed by atoms with Gasteiger partial charge in [0.2, 0.25) is 0 Å². The van der Waals surface area contributed by atoms with E-state index in [4.69, 9.17) is 4.74 Å². The van der Waals surface area contributed by atoms with Crippen LogP contribution in [0.25, 0.3) is 6.08 Å². The van der Waals surface area contributed by atoms with Gasteiger partial charge in [-0.25, -0.2) is 4.79 Å². The van der Waals surface area contributed by atoms with E-state index in [9.17, 15) is 4.79 Å². The monoisotopic (exact) mass is 240 g/mol. The Morgan fingerprint density at radius 1 is 1.44 bits per heavy atom. The van der Waals surface area contributed by atoms with Crippen LogP contribution in [0.4, 0.5) is 0 Å². The van der Waals surface area contributed by atoms with Gasteiger partial charge in [-0.1, -0.05) is 36.9 Å². The number of carbonyl (C=O) groups excluding carboxylic acids is 1. The Bertz CT molecular complexity index is 554. The van der Waals surface area contributed by atoms with Gasteiger partial charge in [-0.3, -0.25) is 0 Å². The molecule has 1 aromatic carbocycles. The molecule has 0 N–H and O–H groups in total. The van der Waals surface area contributed by atoms with Crippen molar-refractivity contribution < 1.29 is 9.53 Å². The van der Waals surface area contributed by atoms with Gasteiger partial charge in [0.15, 0.2) is 0 Å². The highest BCUT2D eigenvalue weighted by Gasteiger charge is 2.35. The second-order valence-electron chi connectivity index (χ2n) is 5.10. The van der Waals surface area contributed by atoms with E-state index >= 15 is 0 Å². The second kappa shape index (κ2) is 4.13. The maximum atomic E-state index is 11.7. The highest BCUT2D eigenvalue weighted by atomic mass is 16.5. The first-order chi connectivity index (χ1) is 8.66. The third-order valence-corrected chi connectivity index (χ3v) is 3.74. The van der Waals surface area contributed by atoms with Crippen molar-refractivity contribution in [2.24, 2.45) is 0 Å². The smallest absolute Gasteiger partial charge is 0.333 e. The molecular formula is C16H16O2. The van der Waals surface area contributed by atoms with E-state index in [1.807, 2.05) is 6.07 Å². The Kier molecular flexibility index (Phi) is 2.58. The summed E-state index contributed by atoms with van der Waals surface area (Å²) in [6.45, 7) is 5.32. The lowest BCUT2D eigenvalue weighted by atomic mass is 9.89. The lowest BCUT2D eigenvalue weighted by Crippen LogP contribution is -2.09. The van der Waals surface area contributed by atoms with Crippen molar-refractivity contribution in [2.45, 2.75) is 31.8 Å². The van der Waals surface area contributed by atoms with Gasteiger partial charge in [0, 0.05) is 5.57 Å². The average molecular weight is 240 g/mol. The number of esters is 1. The van der Waals surface area contributed by atoms with Gasteiger partial charge >= 0.3 is 5.97 Å². The summed E-state index contributed by atoms with van der Waals surface area (Å²) >= 11 is 0. The van der Waals surface area contributed by atoms with Crippen molar-refractivity contribution in [3.8, 4) is 0 Å². The van der Waals surface area contributed by atoms with E-state index in [-0.39, 0.29) is 12.1 Å². The van der Waals surface area contributed by atoms with Gasteiger partial charge < -0.3 is 4.74 Å². The number of benzene rings is 1. The first-order valence-corrected chi connectivity index (χ1v) is 6.32. The van der Waals surface area contributed by atoms with Crippen LogP contribution in [-0.2, 0) is 9.53 Å². The summed E-state index contributed by atoms with van der Waals surface area (Å²) in [5, 5.41) is 0. The van der Waals surface area contributed by atoms with Crippen LogP contribution in [-0.4, -0.2) is 5.97 Å². The molecular weight excluding hydrogens is 224 g/mol. The summed E-state index contributed by atoms with van der Waals surface area (Å²) in [6, 6.07) is 6.24. The summed E-state index contributed by atoms with van der Waals surface area (Å²) < 4.78 is 5.55. The second-order valence-corrected chi connectivity index (χ2v) is 5.10. The topological polar surface area (TPSA) is 26.3 Å². The Balaban J connectivity index is 1.94. The fourth-order valence-electron chi connectivity index (χ4n) is 2.92. The summed E-state index contributed by atoms with van der Waals surface area (Å²) in [7, 11) is 0. The van der Waals surface area contributed by atoms with E-state index in [0.29, 0.717) is 11.5 Å². The van der Waals surface area contributed by atoms with E-state index < -0.39 is 0 Å². The molecule has 2 aliphatic carbocycles. The molecule has 0 aliphatic heterocycles. The molecule has 18 heavy (non-hydrogen) atoms. The summed E-state index contributed by atoms with van der Waals surface area (Å²) in [4.78, 5) is 11.7. The van der Waals surface area contributed by atoms with Crippen molar-refractivity contribution in [3.63, 3.8) is 0 Å². The number of hydrogen-bond donors (Lipinski definition) is 0. The maximum Gasteiger partial charge on any atom is 0.333 e. The minimum atomic E-state index is -0.288. The molecule has 0 radical (unpaired) electrons. The van der Waals surface area contributed by atoms with E-state index in [2.05, 4.69) is 30.9 Å². The number of allylic oxidation sites excluding steroid dienone is 1. The molecule has 0 spiro atoms. The molecule has 0 saturated carbocycles. The quantitative estimate of drug-likeness (QED) is 0.581. The predicted octanol–water partition coefficient (Wildman–Crippen LogP) is 3.75. The number of rotatable bonds is 2. The van der Waals surface area contributed by atoms with Crippen LogP contribution < -0.4 is 0 Å². The highest BCUT2D eigenvalue weighted by Crippen LogP contribution is 2.48. The molecule has 1 aromatic rings.